The number of amides is 2. The Morgan fingerprint density at radius 2 is 2.11 bits per heavy atom. The summed E-state index contributed by atoms with van der Waals surface area (Å²) in [6.07, 6.45) is 4.51. The predicted molar refractivity (Wildman–Crippen MR) is 108 cm³/mol. The van der Waals surface area contributed by atoms with Crippen molar-refractivity contribution in [3.63, 3.8) is 0 Å². The lowest BCUT2D eigenvalue weighted by Crippen LogP contribution is -2.46. The molecule has 1 fully saturated rings. The molecule has 1 aliphatic rings. The van der Waals surface area contributed by atoms with Crippen molar-refractivity contribution in [1.29, 1.82) is 0 Å². The van der Waals surface area contributed by atoms with E-state index < -0.39 is 0 Å². The molecule has 2 aromatic rings. The molecule has 3 rings (SSSR count). The van der Waals surface area contributed by atoms with Crippen LogP contribution in [0.3, 0.4) is 0 Å². The Hall–Kier alpha value is -2.31. The predicted octanol–water partition coefficient (Wildman–Crippen LogP) is 3.20. The van der Waals surface area contributed by atoms with Crippen molar-refractivity contribution >= 4 is 23.4 Å². The summed E-state index contributed by atoms with van der Waals surface area (Å²) in [7, 11) is 3.93. The lowest BCUT2D eigenvalue weighted by Gasteiger charge is -2.32. The number of furan rings is 1. The molecule has 2 amide bonds. The summed E-state index contributed by atoms with van der Waals surface area (Å²) >= 11 is 6.34. The first-order chi connectivity index (χ1) is 13.5. The van der Waals surface area contributed by atoms with Gasteiger partial charge in [0.05, 0.1) is 23.8 Å². The summed E-state index contributed by atoms with van der Waals surface area (Å²) in [5.41, 5.74) is 1.50. The zero-order chi connectivity index (χ0) is 20.1. The van der Waals surface area contributed by atoms with Gasteiger partial charge >= 0.3 is 0 Å². The Balaban J connectivity index is 1.60. The van der Waals surface area contributed by atoms with E-state index in [4.69, 9.17) is 16.0 Å². The van der Waals surface area contributed by atoms with Gasteiger partial charge in [-0.3, -0.25) is 9.59 Å². The first kappa shape index (κ1) is 20.4. The molecule has 2 atom stereocenters. The summed E-state index contributed by atoms with van der Waals surface area (Å²) < 4.78 is 5.00. The van der Waals surface area contributed by atoms with Gasteiger partial charge in [-0.05, 0) is 44.6 Å². The average Bonchev–Trinajstić information content (AvgIpc) is 3.23. The van der Waals surface area contributed by atoms with E-state index in [2.05, 4.69) is 5.32 Å². The minimum absolute atomic E-state index is 0.0232. The van der Waals surface area contributed by atoms with Crippen molar-refractivity contribution < 1.29 is 14.0 Å². The molecule has 2 heterocycles. The van der Waals surface area contributed by atoms with Crippen LogP contribution < -0.4 is 5.32 Å². The number of nitrogens with one attached hydrogen (secondary N) is 1. The first-order valence-corrected chi connectivity index (χ1v) is 9.85. The monoisotopic (exact) mass is 403 g/mol. The van der Waals surface area contributed by atoms with Crippen LogP contribution in [0.4, 0.5) is 0 Å². The maximum Gasteiger partial charge on any atom is 0.257 e. The van der Waals surface area contributed by atoms with E-state index in [0.29, 0.717) is 30.2 Å². The number of benzene rings is 1. The third-order valence-electron chi connectivity index (χ3n) is 5.20. The van der Waals surface area contributed by atoms with E-state index in [1.165, 1.54) is 12.5 Å². The van der Waals surface area contributed by atoms with Crippen LogP contribution >= 0.6 is 11.6 Å². The highest BCUT2D eigenvalue weighted by atomic mass is 35.5. The van der Waals surface area contributed by atoms with E-state index in [1.807, 2.05) is 43.3 Å². The fourth-order valence-corrected chi connectivity index (χ4v) is 3.86. The van der Waals surface area contributed by atoms with Crippen molar-refractivity contribution in [3.05, 3.63) is 59.0 Å². The van der Waals surface area contributed by atoms with Crippen LogP contribution in [0.5, 0.6) is 0 Å². The van der Waals surface area contributed by atoms with Gasteiger partial charge in [0.15, 0.2) is 0 Å². The van der Waals surface area contributed by atoms with Gasteiger partial charge < -0.3 is 19.5 Å². The van der Waals surface area contributed by atoms with E-state index in [9.17, 15) is 9.59 Å². The van der Waals surface area contributed by atoms with Crippen molar-refractivity contribution in [1.82, 2.24) is 15.1 Å². The zero-order valence-corrected chi connectivity index (χ0v) is 17.0. The Bertz CT molecular complexity index is 807. The third kappa shape index (κ3) is 4.75. The molecular weight excluding hydrogens is 378 g/mol. The molecule has 0 saturated carbocycles. The number of hydrogen-bond acceptors (Lipinski definition) is 4. The summed E-state index contributed by atoms with van der Waals surface area (Å²) in [4.78, 5) is 29.1. The quantitative estimate of drug-likeness (QED) is 0.804. The van der Waals surface area contributed by atoms with E-state index in [0.717, 1.165) is 18.4 Å². The molecule has 28 heavy (non-hydrogen) atoms. The van der Waals surface area contributed by atoms with Crippen LogP contribution in [-0.2, 0) is 4.79 Å². The Morgan fingerprint density at radius 3 is 2.79 bits per heavy atom. The van der Waals surface area contributed by atoms with E-state index >= 15 is 0 Å². The van der Waals surface area contributed by atoms with Crippen molar-refractivity contribution in [2.75, 3.05) is 33.7 Å². The van der Waals surface area contributed by atoms with Crippen molar-refractivity contribution in [2.45, 2.75) is 18.9 Å². The maximum absolute atomic E-state index is 12.8. The minimum Gasteiger partial charge on any atom is -0.472 e. The summed E-state index contributed by atoms with van der Waals surface area (Å²) in [6, 6.07) is 9.30. The maximum atomic E-state index is 12.8. The number of hydrogen-bond donors (Lipinski definition) is 1. The Labute approximate surface area is 170 Å². The van der Waals surface area contributed by atoms with Crippen LogP contribution in [0.15, 0.2) is 47.3 Å². The number of carbonyl (C=O) groups excluding carboxylic acids is 2. The molecule has 1 N–H and O–H groups in total. The lowest BCUT2D eigenvalue weighted by molar-refractivity contribution is -0.126. The molecule has 1 aromatic heterocycles. The molecule has 0 spiro atoms. The van der Waals surface area contributed by atoms with Gasteiger partial charge in [-0.25, -0.2) is 0 Å². The van der Waals surface area contributed by atoms with Gasteiger partial charge in [0.1, 0.15) is 6.26 Å². The number of likely N-dealkylation sites (N-methyl/N-ethyl adjacent to an activating group) is 1. The second kappa shape index (κ2) is 9.26. The minimum atomic E-state index is -0.210. The molecule has 1 aromatic carbocycles. The van der Waals surface area contributed by atoms with Gasteiger partial charge in [-0.2, -0.15) is 0 Å². The van der Waals surface area contributed by atoms with Crippen LogP contribution in [-0.4, -0.2) is 55.3 Å². The summed E-state index contributed by atoms with van der Waals surface area (Å²) in [5, 5.41) is 3.74. The molecule has 0 aliphatic carbocycles. The van der Waals surface area contributed by atoms with Gasteiger partial charge in [-0.1, -0.05) is 29.8 Å². The summed E-state index contributed by atoms with van der Waals surface area (Å²) in [6.45, 7) is 1.55. The molecule has 7 heteroatoms. The number of piperidine rings is 1. The second-order valence-electron chi connectivity index (χ2n) is 7.35. The molecule has 6 nitrogen and oxygen atoms in total. The van der Waals surface area contributed by atoms with Crippen LogP contribution in [0.2, 0.25) is 5.02 Å². The van der Waals surface area contributed by atoms with Crippen molar-refractivity contribution in [2.24, 2.45) is 5.92 Å². The highest BCUT2D eigenvalue weighted by Crippen LogP contribution is 2.26. The highest BCUT2D eigenvalue weighted by molar-refractivity contribution is 6.31. The number of halogens is 1. The molecule has 150 valence electrons. The SMILES string of the molecule is CN(C)[C@H](CNC(=O)[C@@H]1CCCN(C(=O)c2ccoc2)C1)c1ccccc1Cl. The number of nitrogens with zero attached hydrogens (tertiary/aromatic N) is 2. The van der Waals surface area contributed by atoms with Crippen molar-refractivity contribution in [3.8, 4) is 0 Å². The molecule has 1 aliphatic heterocycles. The van der Waals surface area contributed by atoms with Gasteiger partial charge in [0.2, 0.25) is 5.91 Å². The normalized spacial score (nSPS) is 18.1. The standard InChI is InChI=1S/C21H26ClN3O3/c1-24(2)19(17-7-3-4-8-18(17)22)12-23-20(26)15-6-5-10-25(13-15)21(27)16-9-11-28-14-16/h3-4,7-9,11,14-15,19H,5-6,10,12-13H2,1-2H3,(H,23,26)/t15-,19-/m1/s1. The molecule has 0 bridgehead atoms. The van der Waals surface area contributed by atoms with E-state index in [1.54, 1.807) is 11.0 Å². The lowest BCUT2D eigenvalue weighted by atomic mass is 9.96. The molecule has 1 saturated heterocycles. The largest absolute Gasteiger partial charge is 0.472 e. The average molecular weight is 404 g/mol. The van der Waals surface area contributed by atoms with Crippen LogP contribution in [0.1, 0.15) is 34.8 Å². The van der Waals surface area contributed by atoms with Gasteiger partial charge in [-0.15, -0.1) is 0 Å². The van der Waals surface area contributed by atoms with E-state index in [-0.39, 0.29) is 23.8 Å². The second-order valence-corrected chi connectivity index (χ2v) is 7.76. The first-order valence-electron chi connectivity index (χ1n) is 9.47. The van der Waals surface area contributed by atoms with Gasteiger partial charge in [0, 0.05) is 24.7 Å². The van der Waals surface area contributed by atoms with Gasteiger partial charge in [0.25, 0.3) is 5.91 Å². The Morgan fingerprint density at radius 1 is 1.32 bits per heavy atom. The number of rotatable bonds is 6. The Kier molecular flexibility index (Phi) is 6.75. The highest BCUT2D eigenvalue weighted by Gasteiger charge is 2.30. The fourth-order valence-electron chi connectivity index (χ4n) is 3.60. The fraction of sp³-hybridized carbons (Fsp3) is 0.429. The smallest absolute Gasteiger partial charge is 0.257 e. The zero-order valence-electron chi connectivity index (χ0n) is 16.2. The topological polar surface area (TPSA) is 65.8 Å². The molecule has 0 unspecified atom stereocenters. The number of likely N-dealkylation sites (tertiary alicyclic amines) is 1. The van der Waals surface area contributed by atoms with Crippen LogP contribution in [0, 0.1) is 5.92 Å². The molecule has 0 radical (unpaired) electrons. The van der Waals surface area contributed by atoms with Crippen LogP contribution in [0.25, 0.3) is 0 Å². The number of carbonyl (C=O) groups is 2. The summed E-state index contributed by atoms with van der Waals surface area (Å²) in [5.74, 6) is -0.323. The molecular formula is C21H26ClN3O3. The third-order valence-corrected chi connectivity index (χ3v) is 5.55.